The largest absolute Gasteiger partial charge is 0.444 e. The number of amides is 1. The fraction of sp³-hybridized carbons (Fsp3) is 0.941. The first-order chi connectivity index (χ1) is 10.6. The molecule has 0 spiro atoms. The lowest BCUT2D eigenvalue weighted by Crippen LogP contribution is -2.54. The first-order valence-electron chi connectivity index (χ1n) is 8.54. The number of halogens is 2. The molecule has 0 radical (unpaired) electrons. The third kappa shape index (κ3) is 5.69. The molecule has 0 bridgehead atoms. The van der Waals surface area contributed by atoms with Crippen LogP contribution < -0.4 is 0 Å². The number of rotatable bonds is 3. The van der Waals surface area contributed by atoms with E-state index in [9.17, 15) is 13.6 Å². The Hall–Kier alpha value is -0.693. The Balaban J connectivity index is 2.65. The molecule has 0 aliphatic carbocycles. The Bertz CT molecular complexity index is 434. The van der Waals surface area contributed by atoms with Gasteiger partial charge in [0.05, 0.1) is 13.1 Å². The van der Waals surface area contributed by atoms with E-state index in [1.54, 1.807) is 20.8 Å². The van der Waals surface area contributed by atoms with Crippen LogP contribution in [-0.4, -0.2) is 57.0 Å². The summed E-state index contributed by atoms with van der Waals surface area (Å²) >= 11 is 0. The molecule has 1 rings (SSSR count). The molecular formula is C17H33F2NO3Si. The maximum atomic E-state index is 14.5. The molecule has 1 saturated heterocycles. The minimum Gasteiger partial charge on any atom is -0.444 e. The van der Waals surface area contributed by atoms with Crippen LogP contribution in [0.5, 0.6) is 0 Å². The van der Waals surface area contributed by atoms with Gasteiger partial charge in [-0.2, -0.15) is 0 Å². The highest BCUT2D eigenvalue weighted by molar-refractivity contribution is 6.74. The second-order valence-electron chi connectivity index (χ2n) is 9.15. The average Bonchev–Trinajstić information content (AvgIpc) is 2.33. The van der Waals surface area contributed by atoms with Gasteiger partial charge in [-0.15, -0.1) is 0 Å². The van der Waals surface area contributed by atoms with E-state index in [2.05, 4.69) is 33.9 Å². The standard InChI is InChI=1S/C17H33F2NO3Si/c1-16(2,3)23-15(21)20-9-13(18)12(14(19)10-20)11-22-24(7,8)17(4,5)6/h12-14H,9-11H2,1-8H3/t12?,13-,14+. The molecule has 24 heavy (non-hydrogen) atoms. The van der Waals surface area contributed by atoms with Crippen molar-refractivity contribution in [1.82, 2.24) is 4.90 Å². The summed E-state index contributed by atoms with van der Waals surface area (Å²) in [5.74, 6) is -0.835. The summed E-state index contributed by atoms with van der Waals surface area (Å²) in [7, 11) is -2.06. The Labute approximate surface area is 146 Å². The quantitative estimate of drug-likeness (QED) is 0.689. The van der Waals surface area contributed by atoms with E-state index in [-0.39, 0.29) is 24.7 Å². The summed E-state index contributed by atoms with van der Waals surface area (Å²) in [6, 6.07) is 0. The molecule has 1 unspecified atom stereocenters. The number of likely N-dealkylation sites (tertiary alicyclic amines) is 1. The molecule has 1 heterocycles. The van der Waals surface area contributed by atoms with Crippen molar-refractivity contribution in [2.75, 3.05) is 19.7 Å². The molecule has 0 aromatic heterocycles. The van der Waals surface area contributed by atoms with Gasteiger partial charge in [0.1, 0.15) is 17.9 Å². The number of carbonyl (C=O) groups is 1. The van der Waals surface area contributed by atoms with E-state index in [1.165, 1.54) is 0 Å². The van der Waals surface area contributed by atoms with Crippen LogP contribution in [0.2, 0.25) is 18.1 Å². The molecule has 142 valence electrons. The Morgan fingerprint density at radius 2 is 1.54 bits per heavy atom. The predicted molar refractivity (Wildman–Crippen MR) is 94.2 cm³/mol. The first kappa shape index (κ1) is 21.3. The molecule has 7 heteroatoms. The molecule has 0 aromatic rings. The number of ether oxygens (including phenoxy) is 1. The van der Waals surface area contributed by atoms with Crippen LogP contribution in [0.1, 0.15) is 41.5 Å². The zero-order chi connectivity index (χ0) is 18.9. The molecule has 4 nitrogen and oxygen atoms in total. The number of hydrogen-bond acceptors (Lipinski definition) is 3. The van der Waals surface area contributed by atoms with Crippen LogP contribution >= 0.6 is 0 Å². The molecule has 1 aliphatic heterocycles. The molecule has 0 N–H and O–H groups in total. The summed E-state index contributed by atoms with van der Waals surface area (Å²) in [5.41, 5.74) is -0.684. The summed E-state index contributed by atoms with van der Waals surface area (Å²) in [4.78, 5) is 13.1. The van der Waals surface area contributed by atoms with Crippen molar-refractivity contribution in [2.45, 2.75) is 77.6 Å². The van der Waals surface area contributed by atoms with Crippen molar-refractivity contribution < 1.29 is 22.7 Å². The predicted octanol–water partition coefficient (Wildman–Crippen LogP) is 4.55. The number of carbonyl (C=O) groups excluding carboxylic acids is 1. The van der Waals surface area contributed by atoms with Crippen molar-refractivity contribution in [3.63, 3.8) is 0 Å². The van der Waals surface area contributed by atoms with E-state index in [0.29, 0.717) is 0 Å². The molecule has 0 saturated carbocycles. The number of hydrogen-bond donors (Lipinski definition) is 0. The second kappa shape index (κ2) is 7.28. The van der Waals surface area contributed by atoms with Crippen molar-refractivity contribution in [3.8, 4) is 0 Å². The number of piperidine rings is 1. The lowest BCUT2D eigenvalue weighted by molar-refractivity contribution is -0.0283. The molecule has 3 atom stereocenters. The highest BCUT2D eigenvalue weighted by Crippen LogP contribution is 2.37. The van der Waals surface area contributed by atoms with Crippen molar-refractivity contribution >= 4 is 14.4 Å². The SMILES string of the molecule is CC(C)(C)OC(=O)N1C[C@@H](F)C(CO[Si](C)(C)C(C)(C)C)[C@@H](F)C1. The third-order valence-electron chi connectivity index (χ3n) is 4.81. The van der Waals surface area contributed by atoms with Crippen molar-refractivity contribution in [3.05, 3.63) is 0 Å². The minimum atomic E-state index is -2.06. The van der Waals surface area contributed by atoms with Gasteiger partial charge in [0.15, 0.2) is 8.32 Å². The molecule has 1 fully saturated rings. The lowest BCUT2D eigenvalue weighted by Gasteiger charge is -2.41. The zero-order valence-electron chi connectivity index (χ0n) is 16.3. The Morgan fingerprint density at radius 1 is 1.08 bits per heavy atom. The number of nitrogens with zero attached hydrogens (tertiary/aromatic N) is 1. The minimum absolute atomic E-state index is 0.0121. The smallest absolute Gasteiger partial charge is 0.410 e. The summed E-state index contributed by atoms with van der Waals surface area (Å²) < 4.78 is 40.1. The fourth-order valence-electron chi connectivity index (χ4n) is 2.20. The van der Waals surface area contributed by atoms with Crippen molar-refractivity contribution in [2.24, 2.45) is 5.92 Å². The van der Waals surface area contributed by atoms with Crippen LogP contribution in [0.25, 0.3) is 0 Å². The topological polar surface area (TPSA) is 38.8 Å². The summed E-state index contributed by atoms with van der Waals surface area (Å²) in [6.07, 6.45) is -3.58. The molecule has 1 aliphatic rings. The second-order valence-corrected chi connectivity index (χ2v) is 14.0. The van der Waals surface area contributed by atoms with Gasteiger partial charge in [-0.3, -0.25) is 0 Å². The summed E-state index contributed by atoms with van der Waals surface area (Å²) in [6.45, 7) is 15.3. The van der Waals surface area contributed by atoms with E-state index in [4.69, 9.17) is 9.16 Å². The third-order valence-corrected chi connectivity index (χ3v) is 9.31. The Kier molecular flexibility index (Phi) is 6.47. The number of alkyl halides is 2. The summed E-state index contributed by atoms with van der Waals surface area (Å²) in [5, 5.41) is -0.0121. The Morgan fingerprint density at radius 3 is 1.92 bits per heavy atom. The van der Waals surface area contributed by atoms with Crippen LogP contribution in [0, 0.1) is 5.92 Å². The normalized spacial score (nSPS) is 26.4. The van der Waals surface area contributed by atoms with E-state index < -0.39 is 38.3 Å². The van der Waals surface area contributed by atoms with Gasteiger partial charge < -0.3 is 14.1 Å². The van der Waals surface area contributed by atoms with Crippen molar-refractivity contribution in [1.29, 1.82) is 0 Å². The van der Waals surface area contributed by atoms with Crippen LogP contribution in [0.3, 0.4) is 0 Å². The van der Waals surface area contributed by atoms with Gasteiger partial charge in [-0.25, -0.2) is 13.6 Å². The molecular weight excluding hydrogens is 332 g/mol. The van der Waals surface area contributed by atoms with Crippen LogP contribution in [-0.2, 0) is 9.16 Å². The van der Waals surface area contributed by atoms with E-state index in [1.807, 2.05) is 0 Å². The van der Waals surface area contributed by atoms with Gasteiger partial charge in [0.2, 0.25) is 0 Å². The maximum absolute atomic E-state index is 14.5. The van der Waals surface area contributed by atoms with Gasteiger partial charge in [-0.05, 0) is 38.9 Å². The van der Waals surface area contributed by atoms with Gasteiger partial charge in [-0.1, -0.05) is 20.8 Å². The monoisotopic (exact) mass is 365 g/mol. The fourth-order valence-corrected chi connectivity index (χ4v) is 3.24. The van der Waals surface area contributed by atoms with Gasteiger partial charge >= 0.3 is 6.09 Å². The average molecular weight is 366 g/mol. The maximum Gasteiger partial charge on any atom is 0.410 e. The molecule has 0 aromatic carbocycles. The van der Waals surface area contributed by atoms with Gasteiger partial charge in [0, 0.05) is 12.5 Å². The van der Waals surface area contributed by atoms with E-state index >= 15 is 0 Å². The zero-order valence-corrected chi connectivity index (χ0v) is 17.3. The highest BCUT2D eigenvalue weighted by Gasteiger charge is 2.43. The molecule has 1 amide bonds. The van der Waals surface area contributed by atoms with Gasteiger partial charge in [0.25, 0.3) is 0 Å². The lowest BCUT2D eigenvalue weighted by atomic mass is 9.94. The van der Waals surface area contributed by atoms with Crippen LogP contribution in [0.4, 0.5) is 13.6 Å². The highest BCUT2D eigenvalue weighted by atomic mass is 28.4. The first-order valence-corrected chi connectivity index (χ1v) is 11.4. The van der Waals surface area contributed by atoms with E-state index in [0.717, 1.165) is 4.90 Å². The van der Waals surface area contributed by atoms with Crippen LogP contribution in [0.15, 0.2) is 0 Å².